The van der Waals surface area contributed by atoms with E-state index in [1.165, 1.54) is 32.4 Å². The fourth-order valence-electron chi connectivity index (χ4n) is 2.23. The zero-order valence-corrected chi connectivity index (χ0v) is 13.3. The van der Waals surface area contributed by atoms with Gasteiger partial charge in [-0.3, -0.25) is 0 Å². The fourth-order valence-corrected chi connectivity index (χ4v) is 5.49. The maximum atomic E-state index is 6.25. The molecule has 0 radical (unpaired) electrons. The quantitative estimate of drug-likeness (QED) is 0.547. The van der Waals surface area contributed by atoms with Crippen molar-refractivity contribution in [3.63, 3.8) is 0 Å². The van der Waals surface area contributed by atoms with Gasteiger partial charge in [-0.2, -0.15) is 4.18 Å². The minimum Gasteiger partial charge on any atom is -0.162 e. The van der Waals surface area contributed by atoms with Crippen molar-refractivity contribution in [1.29, 1.82) is 0 Å². The van der Waals surface area contributed by atoms with Gasteiger partial charge in [0, 0.05) is 0 Å². The molecule has 0 spiro atoms. The van der Waals surface area contributed by atoms with E-state index in [-0.39, 0.29) is 11.2 Å². The predicted molar refractivity (Wildman–Crippen MR) is 86.4 cm³/mol. The molecule has 0 aromatic heterocycles. The van der Waals surface area contributed by atoms with Crippen LogP contribution in [0, 0.1) is 0 Å². The summed E-state index contributed by atoms with van der Waals surface area (Å²) < 4.78 is 6.25. The first-order chi connectivity index (χ1) is 9.90. The Hall–Kier alpha value is -0.900. The van der Waals surface area contributed by atoms with Gasteiger partial charge in [-0.05, 0) is 30.7 Å². The molecule has 0 amide bonds. The van der Waals surface area contributed by atoms with Crippen molar-refractivity contribution in [2.75, 3.05) is 6.61 Å². The van der Waals surface area contributed by atoms with Gasteiger partial charge in [0.2, 0.25) is 21.0 Å². The van der Waals surface area contributed by atoms with E-state index < -0.39 is 0 Å². The molecule has 1 aliphatic rings. The summed E-state index contributed by atoms with van der Waals surface area (Å²) >= 11 is 1.64. The van der Waals surface area contributed by atoms with Crippen molar-refractivity contribution in [3.05, 3.63) is 48.5 Å². The van der Waals surface area contributed by atoms with Crippen molar-refractivity contribution < 1.29 is 4.18 Å². The number of rotatable bonds is 5. The molecule has 2 aromatic rings. The van der Waals surface area contributed by atoms with Crippen LogP contribution in [0.25, 0.3) is 0 Å². The molecule has 1 aliphatic heterocycles. The van der Waals surface area contributed by atoms with Gasteiger partial charge in [-0.25, -0.2) is 0 Å². The van der Waals surface area contributed by atoms with Crippen LogP contribution < -0.4 is 0 Å². The van der Waals surface area contributed by atoms with Gasteiger partial charge in [-0.15, -0.1) is 0 Å². The van der Waals surface area contributed by atoms with Crippen LogP contribution in [-0.2, 0) is 15.4 Å². The van der Waals surface area contributed by atoms with Crippen LogP contribution in [-0.4, -0.2) is 6.61 Å². The molecule has 104 valence electrons. The molecule has 0 aliphatic carbocycles. The maximum absolute atomic E-state index is 6.25. The van der Waals surface area contributed by atoms with Crippen LogP contribution in [0.2, 0.25) is 0 Å². The highest BCUT2D eigenvalue weighted by atomic mass is 32.2. The second-order valence-corrected chi connectivity index (χ2v) is 7.53. The van der Waals surface area contributed by atoms with Crippen molar-refractivity contribution in [1.82, 2.24) is 0 Å². The van der Waals surface area contributed by atoms with E-state index in [0.717, 1.165) is 13.0 Å². The third-order valence-electron chi connectivity index (χ3n) is 3.27. The Bertz CT molecular complexity index is 537. The van der Waals surface area contributed by atoms with Gasteiger partial charge >= 0.3 is 0 Å². The lowest BCUT2D eigenvalue weighted by Crippen LogP contribution is -2.14. The third-order valence-corrected chi connectivity index (χ3v) is 6.59. The Labute approximate surface area is 128 Å². The minimum atomic E-state index is -0.219. The standard InChI is InChI=1S/C17H19OS2/c1-2-3-8-13-18-20-16-11-6-4-9-14(16)19-15-10-5-7-12-17(15)20/h4-7,9-12H,2-3,8,13H2,1H3/q+1. The molecular formula is C17H19OS2+. The molecule has 0 N–H and O–H groups in total. The lowest BCUT2D eigenvalue weighted by molar-refractivity contribution is 0.344. The van der Waals surface area contributed by atoms with Crippen LogP contribution in [0.5, 0.6) is 0 Å². The van der Waals surface area contributed by atoms with Crippen molar-refractivity contribution in [2.45, 2.75) is 45.8 Å². The van der Waals surface area contributed by atoms with Crippen LogP contribution >= 0.6 is 11.8 Å². The highest BCUT2D eigenvalue weighted by Gasteiger charge is 2.37. The zero-order valence-electron chi connectivity index (χ0n) is 11.7. The van der Waals surface area contributed by atoms with Crippen LogP contribution in [0.4, 0.5) is 0 Å². The summed E-state index contributed by atoms with van der Waals surface area (Å²) in [6.45, 7) is 3.08. The van der Waals surface area contributed by atoms with E-state index in [4.69, 9.17) is 4.18 Å². The molecule has 0 atom stereocenters. The predicted octanol–water partition coefficient (Wildman–Crippen LogP) is 5.31. The van der Waals surface area contributed by atoms with Gasteiger partial charge in [0.05, 0.1) is 9.79 Å². The van der Waals surface area contributed by atoms with E-state index in [9.17, 15) is 0 Å². The summed E-state index contributed by atoms with van der Waals surface area (Å²) in [5.41, 5.74) is 0. The lowest BCUT2D eigenvalue weighted by Gasteiger charge is -2.16. The number of fused-ring (bicyclic) bond motifs is 2. The summed E-state index contributed by atoms with van der Waals surface area (Å²) in [6.07, 6.45) is 3.63. The second-order valence-electron chi connectivity index (χ2n) is 4.79. The molecule has 3 rings (SSSR count). The normalized spacial score (nSPS) is 13.8. The number of benzene rings is 2. The van der Waals surface area contributed by atoms with Crippen molar-refractivity contribution in [2.24, 2.45) is 0 Å². The highest BCUT2D eigenvalue weighted by molar-refractivity contribution is 8.02. The molecule has 0 fully saturated rings. The molecule has 0 saturated heterocycles. The molecule has 3 heteroatoms. The Morgan fingerprint density at radius 1 is 0.900 bits per heavy atom. The Morgan fingerprint density at radius 3 is 2.10 bits per heavy atom. The molecule has 0 saturated carbocycles. The largest absolute Gasteiger partial charge is 0.225 e. The smallest absolute Gasteiger partial charge is 0.162 e. The molecule has 20 heavy (non-hydrogen) atoms. The number of unbranched alkanes of at least 4 members (excludes halogenated alkanes) is 2. The van der Waals surface area contributed by atoms with Gasteiger partial charge in [0.1, 0.15) is 6.61 Å². The number of hydrogen-bond donors (Lipinski definition) is 0. The van der Waals surface area contributed by atoms with Crippen LogP contribution in [0.15, 0.2) is 68.1 Å². The monoisotopic (exact) mass is 303 g/mol. The summed E-state index contributed by atoms with van der Waals surface area (Å²) in [4.78, 5) is 5.36. The van der Waals surface area contributed by atoms with E-state index in [2.05, 4.69) is 55.5 Å². The van der Waals surface area contributed by atoms with Crippen LogP contribution in [0.1, 0.15) is 26.2 Å². The zero-order chi connectivity index (χ0) is 13.8. The van der Waals surface area contributed by atoms with E-state index >= 15 is 0 Å². The summed E-state index contributed by atoms with van der Waals surface area (Å²) in [5, 5.41) is 0. The number of hydrogen-bond acceptors (Lipinski definition) is 2. The van der Waals surface area contributed by atoms with Crippen LogP contribution in [0.3, 0.4) is 0 Å². The topological polar surface area (TPSA) is 9.23 Å². The Balaban J connectivity index is 1.87. The van der Waals surface area contributed by atoms with Gasteiger partial charge in [0.15, 0.2) is 0 Å². The molecular weight excluding hydrogens is 284 g/mol. The van der Waals surface area contributed by atoms with E-state index in [0.29, 0.717) is 0 Å². The first-order valence-electron chi connectivity index (χ1n) is 7.13. The first-order valence-corrected chi connectivity index (χ1v) is 9.10. The van der Waals surface area contributed by atoms with Gasteiger partial charge in [0.25, 0.3) is 0 Å². The minimum absolute atomic E-state index is 0.219. The highest BCUT2D eigenvalue weighted by Crippen LogP contribution is 2.45. The first kappa shape index (κ1) is 14.1. The van der Waals surface area contributed by atoms with E-state index in [1.807, 2.05) is 11.8 Å². The van der Waals surface area contributed by atoms with Gasteiger partial charge < -0.3 is 0 Å². The summed E-state index contributed by atoms with van der Waals surface area (Å²) in [6, 6.07) is 17.3. The molecule has 2 aromatic carbocycles. The lowest BCUT2D eigenvalue weighted by atomic mass is 10.3. The average Bonchev–Trinajstić information content (AvgIpc) is 2.50. The average molecular weight is 303 g/mol. The SMILES string of the molecule is CCCCCO[S+]1c2ccccc2Sc2ccccc21. The molecule has 0 bridgehead atoms. The Kier molecular flexibility index (Phi) is 4.71. The maximum Gasteiger partial charge on any atom is 0.225 e. The third kappa shape index (κ3) is 2.90. The molecule has 1 nitrogen and oxygen atoms in total. The molecule has 1 heterocycles. The van der Waals surface area contributed by atoms with Crippen molar-refractivity contribution >= 4 is 22.9 Å². The summed E-state index contributed by atoms with van der Waals surface area (Å²) in [5.74, 6) is 0. The van der Waals surface area contributed by atoms with Gasteiger partial charge in [-0.1, -0.05) is 55.8 Å². The second kappa shape index (κ2) is 6.70. The summed E-state index contributed by atoms with van der Waals surface area (Å²) in [7, 11) is 0. The van der Waals surface area contributed by atoms with E-state index in [1.54, 1.807) is 0 Å². The fraction of sp³-hybridized carbons (Fsp3) is 0.294. The Morgan fingerprint density at radius 2 is 1.50 bits per heavy atom. The van der Waals surface area contributed by atoms with Crippen molar-refractivity contribution in [3.8, 4) is 0 Å². The molecule has 0 unspecified atom stereocenters.